The van der Waals surface area contributed by atoms with Crippen LogP contribution in [-0.4, -0.2) is 23.8 Å². The Labute approximate surface area is 151 Å². The van der Waals surface area contributed by atoms with E-state index in [1.165, 1.54) is 6.92 Å². The Hall–Kier alpha value is -3.15. The molecular formula is C20H20N2O4. The highest BCUT2D eigenvalue weighted by atomic mass is 16.5. The van der Waals surface area contributed by atoms with E-state index in [1.807, 2.05) is 0 Å². The number of hydrogen-bond acceptors (Lipinski definition) is 4. The van der Waals surface area contributed by atoms with Crippen molar-refractivity contribution in [3.63, 3.8) is 0 Å². The van der Waals surface area contributed by atoms with Gasteiger partial charge in [-0.1, -0.05) is 18.2 Å². The van der Waals surface area contributed by atoms with E-state index in [-0.39, 0.29) is 24.3 Å². The van der Waals surface area contributed by atoms with Gasteiger partial charge in [0, 0.05) is 24.2 Å². The van der Waals surface area contributed by atoms with Crippen LogP contribution in [0.5, 0.6) is 5.75 Å². The molecule has 0 atom stereocenters. The van der Waals surface area contributed by atoms with Gasteiger partial charge in [-0.2, -0.15) is 0 Å². The molecule has 6 nitrogen and oxygen atoms in total. The monoisotopic (exact) mass is 352 g/mol. The van der Waals surface area contributed by atoms with Crippen molar-refractivity contribution in [1.82, 2.24) is 5.32 Å². The fraction of sp³-hybridized carbons (Fsp3) is 0.250. The number of benzene rings is 2. The minimum atomic E-state index is -0.419. The summed E-state index contributed by atoms with van der Waals surface area (Å²) in [7, 11) is 0. The standard InChI is InChI=1S/C20H20N2O4/c1-13(23)21-16-7-5-14(6-8-16)11-19(24)26-18-4-2-3-15(12-18)20(25)22-17-9-10-17/h2-8,12,17H,9-11H2,1H3,(H,21,23)(H,22,25). The van der Waals surface area contributed by atoms with E-state index < -0.39 is 5.97 Å². The number of rotatable bonds is 6. The minimum absolute atomic E-state index is 0.0961. The molecule has 0 bridgehead atoms. The van der Waals surface area contributed by atoms with Crippen molar-refractivity contribution in [3.8, 4) is 5.75 Å². The third-order valence-corrected chi connectivity index (χ3v) is 3.86. The van der Waals surface area contributed by atoms with Crippen LogP contribution in [0.1, 0.15) is 35.7 Å². The molecule has 0 aliphatic heterocycles. The predicted octanol–water partition coefficient (Wildman–Crippen LogP) is 2.69. The minimum Gasteiger partial charge on any atom is -0.426 e. The lowest BCUT2D eigenvalue weighted by molar-refractivity contribution is -0.133. The number of carbonyl (C=O) groups is 3. The first kappa shape index (κ1) is 17.7. The van der Waals surface area contributed by atoms with Crippen molar-refractivity contribution >= 4 is 23.5 Å². The molecule has 2 N–H and O–H groups in total. The lowest BCUT2D eigenvalue weighted by Gasteiger charge is -2.08. The molecule has 0 saturated heterocycles. The average molecular weight is 352 g/mol. The normalized spacial score (nSPS) is 13.0. The van der Waals surface area contributed by atoms with Crippen LogP contribution in [0, 0.1) is 0 Å². The molecule has 2 aromatic rings. The Balaban J connectivity index is 1.57. The Morgan fingerprint density at radius 2 is 1.81 bits per heavy atom. The maximum absolute atomic E-state index is 12.1. The van der Waals surface area contributed by atoms with E-state index in [9.17, 15) is 14.4 Å². The number of carbonyl (C=O) groups excluding carboxylic acids is 3. The Morgan fingerprint density at radius 1 is 1.08 bits per heavy atom. The topological polar surface area (TPSA) is 84.5 Å². The molecule has 2 aromatic carbocycles. The second kappa shape index (κ2) is 7.82. The molecule has 3 rings (SSSR count). The van der Waals surface area contributed by atoms with Crippen molar-refractivity contribution in [2.75, 3.05) is 5.32 Å². The molecule has 0 heterocycles. The molecule has 2 amide bonds. The van der Waals surface area contributed by atoms with E-state index in [0.717, 1.165) is 18.4 Å². The number of esters is 1. The molecule has 0 aromatic heterocycles. The first-order valence-corrected chi connectivity index (χ1v) is 8.48. The zero-order chi connectivity index (χ0) is 18.5. The second-order valence-corrected chi connectivity index (χ2v) is 6.30. The summed E-state index contributed by atoms with van der Waals surface area (Å²) in [6.07, 6.45) is 2.13. The van der Waals surface area contributed by atoms with Gasteiger partial charge in [-0.05, 0) is 48.7 Å². The molecule has 1 fully saturated rings. The molecule has 1 aliphatic carbocycles. The van der Waals surface area contributed by atoms with Crippen LogP contribution in [0.4, 0.5) is 5.69 Å². The van der Waals surface area contributed by atoms with Crippen LogP contribution in [-0.2, 0) is 16.0 Å². The van der Waals surface area contributed by atoms with Crippen LogP contribution < -0.4 is 15.4 Å². The van der Waals surface area contributed by atoms with E-state index >= 15 is 0 Å². The lowest BCUT2D eigenvalue weighted by Crippen LogP contribution is -2.25. The summed E-state index contributed by atoms with van der Waals surface area (Å²) < 4.78 is 5.34. The van der Waals surface area contributed by atoms with Gasteiger partial charge in [0.05, 0.1) is 6.42 Å². The summed E-state index contributed by atoms with van der Waals surface area (Å²) in [5, 5.41) is 5.57. The first-order chi connectivity index (χ1) is 12.5. The molecule has 1 saturated carbocycles. The average Bonchev–Trinajstić information content (AvgIpc) is 3.40. The molecule has 0 unspecified atom stereocenters. The summed E-state index contributed by atoms with van der Waals surface area (Å²) in [5.41, 5.74) is 1.91. The molecular weight excluding hydrogens is 332 g/mol. The van der Waals surface area contributed by atoms with Crippen molar-refractivity contribution in [3.05, 3.63) is 59.7 Å². The molecule has 0 radical (unpaired) electrons. The lowest BCUT2D eigenvalue weighted by atomic mass is 10.1. The SMILES string of the molecule is CC(=O)Nc1ccc(CC(=O)Oc2cccc(C(=O)NC3CC3)c2)cc1. The predicted molar refractivity (Wildman–Crippen MR) is 97.0 cm³/mol. The zero-order valence-corrected chi connectivity index (χ0v) is 14.5. The number of hydrogen-bond donors (Lipinski definition) is 2. The van der Waals surface area contributed by atoms with Gasteiger partial charge in [0.2, 0.25) is 5.91 Å². The van der Waals surface area contributed by atoms with Gasteiger partial charge in [0.1, 0.15) is 5.75 Å². The van der Waals surface area contributed by atoms with Crippen LogP contribution in [0.25, 0.3) is 0 Å². The van der Waals surface area contributed by atoms with Crippen molar-refractivity contribution in [2.24, 2.45) is 0 Å². The maximum atomic E-state index is 12.1. The van der Waals surface area contributed by atoms with Crippen LogP contribution in [0.2, 0.25) is 0 Å². The third-order valence-electron chi connectivity index (χ3n) is 3.86. The summed E-state index contributed by atoms with van der Waals surface area (Å²) in [6.45, 7) is 1.43. The Kier molecular flexibility index (Phi) is 5.31. The van der Waals surface area contributed by atoms with E-state index in [1.54, 1.807) is 48.5 Å². The van der Waals surface area contributed by atoms with Crippen LogP contribution >= 0.6 is 0 Å². The van der Waals surface area contributed by atoms with E-state index in [0.29, 0.717) is 17.0 Å². The van der Waals surface area contributed by atoms with Gasteiger partial charge in [-0.25, -0.2) is 0 Å². The second-order valence-electron chi connectivity index (χ2n) is 6.30. The fourth-order valence-electron chi connectivity index (χ4n) is 2.44. The van der Waals surface area contributed by atoms with Gasteiger partial charge < -0.3 is 15.4 Å². The number of nitrogens with one attached hydrogen (secondary N) is 2. The summed E-state index contributed by atoms with van der Waals surface area (Å²) in [4.78, 5) is 35.2. The highest BCUT2D eigenvalue weighted by molar-refractivity contribution is 5.95. The number of anilines is 1. The van der Waals surface area contributed by atoms with Gasteiger partial charge in [-0.15, -0.1) is 0 Å². The quantitative estimate of drug-likeness (QED) is 0.618. The van der Waals surface area contributed by atoms with E-state index in [4.69, 9.17) is 4.74 Å². The Morgan fingerprint density at radius 3 is 2.46 bits per heavy atom. The summed E-state index contributed by atoms with van der Waals surface area (Å²) in [6, 6.07) is 13.8. The van der Waals surface area contributed by atoms with Gasteiger partial charge in [0.25, 0.3) is 5.91 Å². The third kappa shape index (κ3) is 5.17. The molecule has 1 aliphatic rings. The first-order valence-electron chi connectivity index (χ1n) is 8.48. The van der Waals surface area contributed by atoms with E-state index in [2.05, 4.69) is 10.6 Å². The van der Waals surface area contributed by atoms with Gasteiger partial charge in [0.15, 0.2) is 0 Å². The van der Waals surface area contributed by atoms with Crippen LogP contribution in [0.15, 0.2) is 48.5 Å². The molecule has 6 heteroatoms. The van der Waals surface area contributed by atoms with Crippen molar-refractivity contribution in [1.29, 1.82) is 0 Å². The highest BCUT2D eigenvalue weighted by Gasteiger charge is 2.23. The smallest absolute Gasteiger partial charge is 0.315 e. The summed E-state index contributed by atoms with van der Waals surface area (Å²) >= 11 is 0. The van der Waals surface area contributed by atoms with Crippen molar-refractivity contribution < 1.29 is 19.1 Å². The van der Waals surface area contributed by atoms with Crippen molar-refractivity contribution in [2.45, 2.75) is 32.2 Å². The number of ether oxygens (including phenoxy) is 1. The van der Waals surface area contributed by atoms with Crippen LogP contribution in [0.3, 0.4) is 0 Å². The van der Waals surface area contributed by atoms with Gasteiger partial charge in [-0.3, -0.25) is 14.4 Å². The molecule has 134 valence electrons. The maximum Gasteiger partial charge on any atom is 0.315 e. The zero-order valence-electron chi connectivity index (χ0n) is 14.5. The summed E-state index contributed by atoms with van der Waals surface area (Å²) in [5.74, 6) is -0.382. The molecule has 26 heavy (non-hydrogen) atoms. The largest absolute Gasteiger partial charge is 0.426 e. The van der Waals surface area contributed by atoms with Gasteiger partial charge >= 0.3 is 5.97 Å². The fourth-order valence-corrected chi connectivity index (χ4v) is 2.44. The highest BCUT2D eigenvalue weighted by Crippen LogP contribution is 2.20. The number of amides is 2. The molecule has 0 spiro atoms. The Bertz CT molecular complexity index is 826.